The van der Waals surface area contributed by atoms with Crippen molar-refractivity contribution < 1.29 is 0 Å². The zero-order valence-corrected chi connectivity index (χ0v) is 16.4. The van der Waals surface area contributed by atoms with E-state index in [1.54, 1.807) is 48.8 Å². The summed E-state index contributed by atoms with van der Waals surface area (Å²) in [5.74, 6) is 0.437. The topological polar surface area (TPSA) is 85.9 Å². The maximum atomic E-state index is 12.5. The number of piperidine rings is 1. The van der Waals surface area contributed by atoms with Gasteiger partial charge >= 0.3 is 0 Å². The summed E-state index contributed by atoms with van der Waals surface area (Å²) in [5, 5.41) is 0. The largest absolute Gasteiger partial charge is 0.302 e. The van der Waals surface area contributed by atoms with Crippen molar-refractivity contribution >= 4 is 0 Å². The van der Waals surface area contributed by atoms with Crippen LogP contribution in [0.2, 0.25) is 0 Å². The first-order valence-electron chi connectivity index (χ1n) is 9.79. The van der Waals surface area contributed by atoms with E-state index in [0.29, 0.717) is 24.7 Å². The van der Waals surface area contributed by atoms with Crippen LogP contribution in [0.3, 0.4) is 0 Å². The van der Waals surface area contributed by atoms with Gasteiger partial charge in [0.05, 0.1) is 24.0 Å². The van der Waals surface area contributed by atoms with Crippen LogP contribution in [-0.4, -0.2) is 42.1 Å². The fourth-order valence-corrected chi connectivity index (χ4v) is 3.66. The number of rotatable bonds is 5. The second-order valence-electron chi connectivity index (χ2n) is 7.56. The lowest BCUT2D eigenvalue weighted by Crippen LogP contribution is -2.36. The second-order valence-corrected chi connectivity index (χ2v) is 7.56. The summed E-state index contributed by atoms with van der Waals surface area (Å²) in [6.07, 6.45) is 8.62. The molecule has 1 saturated heterocycles. The lowest BCUT2D eigenvalue weighted by atomic mass is 9.96. The SMILES string of the molecule is Cn1cnc(CN2CCC(Cn3cnc(-c4cccnc4)cc3=O)CC2)cc1=O. The van der Waals surface area contributed by atoms with Gasteiger partial charge in [-0.25, -0.2) is 9.97 Å². The van der Waals surface area contributed by atoms with Gasteiger partial charge in [-0.15, -0.1) is 0 Å². The molecule has 1 aliphatic rings. The Labute approximate surface area is 168 Å². The van der Waals surface area contributed by atoms with Gasteiger partial charge in [0, 0.05) is 50.2 Å². The summed E-state index contributed by atoms with van der Waals surface area (Å²) in [4.78, 5) is 39.4. The van der Waals surface area contributed by atoms with Gasteiger partial charge in [-0.2, -0.15) is 0 Å². The van der Waals surface area contributed by atoms with Gasteiger partial charge in [0.2, 0.25) is 0 Å². The Hall–Kier alpha value is -3.13. The van der Waals surface area contributed by atoms with Gasteiger partial charge in [0.15, 0.2) is 0 Å². The van der Waals surface area contributed by atoms with Crippen molar-refractivity contribution in [2.75, 3.05) is 13.1 Å². The lowest BCUT2D eigenvalue weighted by Gasteiger charge is -2.31. The van der Waals surface area contributed by atoms with E-state index >= 15 is 0 Å². The molecule has 0 aromatic carbocycles. The molecule has 0 N–H and O–H groups in total. The van der Waals surface area contributed by atoms with Crippen LogP contribution in [0, 0.1) is 5.92 Å². The van der Waals surface area contributed by atoms with Crippen molar-refractivity contribution in [3.63, 3.8) is 0 Å². The fraction of sp³-hybridized carbons (Fsp3) is 0.381. The summed E-state index contributed by atoms with van der Waals surface area (Å²) in [6.45, 7) is 3.22. The third-order valence-electron chi connectivity index (χ3n) is 5.42. The molecule has 0 radical (unpaired) electrons. The molecule has 1 fully saturated rings. The number of nitrogens with zero attached hydrogens (tertiary/aromatic N) is 6. The first kappa shape index (κ1) is 19.2. The van der Waals surface area contributed by atoms with E-state index in [-0.39, 0.29) is 11.1 Å². The molecule has 0 amide bonds. The number of aromatic nitrogens is 5. The van der Waals surface area contributed by atoms with Crippen molar-refractivity contribution in [2.24, 2.45) is 13.0 Å². The van der Waals surface area contributed by atoms with E-state index < -0.39 is 0 Å². The Morgan fingerprint density at radius 1 is 1.07 bits per heavy atom. The van der Waals surface area contributed by atoms with E-state index in [4.69, 9.17) is 0 Å². The van der Waals surface area contributed by atoms with Gasteiger partial charge in [0.1, 0.15) is 0 Å². The minimum atomic E-state index is -0.0365. The molecule has 3 aromatic heterocycles. The van der Waals surface area contributed by atoms with Crippen LogP contribution in [0.4, 0.5) is 0 Å². The first-order chi connectivity index (χ1) is 14.1. The molecule has 0 spiro atoms. The van der Waals surface area contributed by atoms with Crippen LogP contribution >= 0.6 is 0 Å². The molecule has 1 aliphatic heterocycles. The molecular weight excluding hydrogens is 368 g/mol. The van der Waals surface area contributed by atoms with E-state index in [0.717, 1.165) is 37.2 Å². The molecule has 29 heavy (non-hydrogen) atoms. The van der Waals surface area contributed by atoms with E-state index in [9.17, 15) is 9.59 Å². The molecule has 0 atom stereocenters. The lowest BCUT2D eigenvalue weighted by molar-refractivity contribution is 0.164. The number of likely N-dealkylation sites (tertiary alicyclic amines) is 1. The average Bonchev–Trinajstić information content (AvgIpc) is 2.74. The van der Waals surface area contributed by atoms with Crippen LogP contribution in [0.5, 0.6) is 0 Å². The normalized spacial score (nSPS) is 15.5. The maximum absolute atomic E-state index is 12.5. The van der Waals surface area contributed by atoms with Gasteiger partial charge < -0.3 is 4.57 Å². The fourth-order valence-electron chi connectivity index (χ4n) is 3.66. The molecular formula is C21H24N6O2. The summed E-state index contributed by atoms with van der Waals surface area (Å²) < 4.78 is 3.17. The maximum Gasteiger partial charge on any atom is 0.253 e. The summed E-state index contributed by atoms with van der Waals surface area (Å²) in [5.41, 5.74) is 2.22. The van der Waals surface area contributed by atoms with Crippen LogP contribution in [0.15, 0.2) is 58.9 Å². The monoisotopic (exact) mass is 392 g/mol. The Balaban J connectivity index is 1.34. The molecule has 4 heterocycles. The third-order valence-corrected chi connectivity index (χ3v) is 5.42. The van der Waals surface area contributed by atoms with Crippen LogP contribution < -0.4 is 11.1 Å². The van der Waals surface area contributed by atoms with Crippen molar-refractivity contribution in [2.45, 2.75) is 25.9 Å². The zero-order chi connectivity index (χ0) is 20.2. The molecule has 8 heteroatoms. The van der Waals surface area contributed by atoms with E-state index in [1.165, 1.54) is 4.57 Å². The highest BCUT2D eigenvalue weighted by atomic mass is 16.1. The zero-order valence-electron chi connectivity index (χ0n) is 16.4. The Morgan fingerprint density at radius 2 is 1.90 bits per heavy atom. The number of aryl methyl sites for hydroxylation is 1. The Bertz CT molecular complexity index is 1080. The molecule has 8 nitrogen and oxygen atoms in total. The Morgan fingerprint density at radius 3 is 2.59 bits per heavy atom. The van der Waals surface area contributed by atoms with Crippen LogP contribution in [0.1, 0.15) is 18.5 Å². The predicted molar refractivity (Wildman–Crippen MR) is 109 cm³/mol. The molecule has 0 unspecified atom stereocenters. The summed E-state index contributed by atoms with van der Waals surface area (Å²) in [7, 11) is 1.70. The third kappa shape index (κ3) is 4.65. The number of hydrogen-bond donors (Lipinski definition) is 0. The Kier molecular flexibility index (Phi) is 5.62. The predicted octanol–water partition coefficient (Wildman–Crippen LogP) is 1.31. The minimum absolute atomic E-state index is 0.0357. The van der Waals surface area contributed by atoms with Crippen LogP contribution in [0.25, 0.3) is 11.3 Å². The van der Waals surface area contributed by atoms with Crippen molar-refractivity contribution in [1.82, 2.24) is 29.0 Å². The second kappa shape index (κ2) is 8.48. The van der Waals surface area contributed by atoms with Crippen molar-refractivity contribution in [3.05, 3.63) is 75.7 Å². The number of hydrogen-bond acceptors (Lipinski definition) is 6. The number of pyridine rings is 1. The van der Waals surface area contributed by atoms with E-state index in [2.05, 4.69) is 19.9 Å². The molecule has 150 valence electrons. The highest BCUT2D eigenvalue weighted by molar-refractivity contribution is 5.56. The van der Waals surface area contributed by atoms with Gasteiger partial charge in [-0.05, 0) is 44.0 Å². The first-order valence-corrected chi connectivity index (χ1v) is 9.79. The highest BCUT2D eigenvalue weighted by Crippen LogP contribution is 2.20. The van der Waals surface area contributed by atoms with Crippen molar-refractivity contribution in [1.29, 1.82) is 0 Å². The van der Waals surface area contributed by atoms with Crippen LogP contribution in [-0.2, 0) is 20.1 Å². The van der Waals surface area contributed by atoms with Gasteiger partial charge in [-0.3, -0.25) is 24.0 Å². The van der Waals surface area contributed by atoms with Crippen molar-refractivity contribution in [3.8, 4) is 11.3 Å². The van der Waals surface area contributed by atoms with Gasteiger partial charge in [0.25, 0.3) is 11.1 Å². The standard InChI is InChI=1S/C21H24N6O2/c1-25-14-23-18(9-20(25)28)13-26-7-4-16(5-8-26)12-27-15-24-19(10-21(27)29)17-3-2-6-22-11-17/h2-3,6,9-11,14-16H,4-5,7-8,12-13H2,1H3. The molecule has 0 saturated carbocycles. The summed E-state index contributed by atoms with van der Waals surface area (Å²) in [6, 6.07) is 6.90. The minimum Gasteiger partial charge on any atom is -0.302 e. The molecule has 4 rings (SSSR count). The molecule has 0 bridgehead atoms. The smallest absolute Gasteiger partial charge is 0.253 e. The molecule has 0 aliphatic carbocycles. The summed E-state index contributed by atoms with van der Waals surface area (Å²) >= 11 is 0. The molecule has 3 aromatic rings. The van der Waals surface area contributed by atoms with E-state index in [1.807, 2.05) is 12.1 Å². The van der Waals surface area contributed by atoms with Gasteiger partial charge in [-0.1, -0.05) is 0 Å². The highest BCUT2D eigenvalue weighted by Gasteiger charge is 2.20. The quantitative estimate of drug-likeness (QED) is 0.651. The average molecular weight is 392 g/mol.